The molecule has 0 heterocycles. The fourth-order valence-corrected chi connectivity index (χ4v) is 4.30. The van der Waals surface area contributed by atoms with Gasteiger partial charge in [-0.1, -0.05) is 76.1 Å². The molecule has 0 radical (unpaired) electrons. The Morgan fingerprint density at radius 2 is 1.53 bits per heavy atom. The first-order chi connectivity index (χ1) is 15.4. The van der Waals surface area contributed by atoms with Gasteiger partial charge in [-0.05, 0) is 25.8 Å². The number of unbranched alkanes of at least 4 members (excludes halogenated alkanes) is 6. The summed E-state index contributed by atoms with van der Waals surface area (Å²) in [6.07, 6.45) is 7.72. The van der Waals surface area contributed by atoms with Gasteiger partial charge in [-0.15, -0.1) is 0 Å². The standard InChI is InChI=1S/C24H38N2O6/c1-4-6-7-8-9-10-11-16-22(21-15-13-12-14-20(21)18-27)24(26(30)31)17-23(25(28)29)19(3)32-5-2/h12-15,18-19,22-24H,4-11,16-17H2,1-3H3. The number of carbonyl (C=O) groups excluding carboxylic acids is 1. The molecule has 0 aromatic heterocycles. The molecule has 0 aliphatic carbocycles. The number of benzene rings is 1. The summed E-state index contributed by atoms with van der Waals surface area (Å²) in [5.41, 5.74) is 1.00. The molecule has 4 atom stereocenters. The largest absolute Gasteiger partial charge is 0.372 e. The molecule has 0 saturated heterocycles. The van der Waals surface area contributed by atoms with Crippen molar-refractivity contribution in [3.05, 3.63) is 55.6 Å². The highest BCUT2D eigenvalue weighted by Crippen LogP contribution is 2.33. The molecular formula is C24H38N2O6. The van der Waals surface area contributed by atoms with Gasteiger partial charge in [0.05, 0.1) is 12.3 Å². The summed E-state index contributed by atoms with van der Waals surface area (Å²) in [6, 6.07) is 4.49. The summed E-state index contributed by atoms with van der Waals surface area (Å²) in [4.78, 5) is 34.5. The van der Waals surface area contributed by atoms with E-state index in [0.29, 0.717) is 30.4 Å². The number of ether oxygens (including phenoxy) is 1. The van der Waals surface area contributed by atoms with Crippen molar-refractivity contribution < 1.29 is 19.4 Å². The smallest absolute Gasteiger partial charge is 0.245 e. The van der Waals surface area contributed by atoms with Crippen LogP contribution in [-0.2, 0) is 4.74 Å². The number of hydrogen-bond donors (Lipinski definition) is 0. The molecular weight excluding hydrogens is 412 g/mol. The van der Waals surface area contributed by atoms with Crippen LogP contribution in [0.3, 0.4) is 0 Å². The van der Waals surface area contributed by atoms with E-state index in [1.54, 1.807) is 38.1 Å². The zero-order chi connectivity index (χ0) is 23.9. The second kappa shape index (κ2) is 15.5. The highest BCUT2D eigenvalue weighted by atomic mass is 16.6. The average Bonchev–Trinajstić information content (AvgIpc) is 2.76. The number of carbonyl (C=O) groups is 1. The van der Waals surface area contributed by atoms with E-state index >= 15 is 0 Å². The Bertz CT molecular complexity index is 711. The highest BCUT2D eigenvalue weighted by Gasteiger charge is 2.42. The highest BCUT2D eigenvalue weighted by molar-refractivity contribution is 5.77. The van der Waals surface area contributed by atoms with Crippen molar-refractivity contribution in [2.45, 2.75) is 103 Å². The van der Waals surface area contributed by atoms with Gasteiger partial charge in [0, 0.05) is 22.0 Å². The first-order valence-electron chi connectivity index (χ1n) is 11.8. The van der Waals surface area contributed by atoms with Crippen LogP contribution < -0.4 is 0 Å². The van der Waals surface area contributed by atoms with E-state index in [-0.39, 0.29) is 6.42 Å². The first kappa shape index (κ1) is 27.7. The molecule has 0 spiro atoms. The van der Waals surface area contributed by atoms with E-state index in [2.05, 4.69) is 6.92 Å². The maximum absolute atomic E-state index is 12.1. The third kappa shape index (κ3) is 9.02. The maximum atomic E-state index is 12.1. The normalized spacial score (nSPS) is 15.0. The van der Waals surface area contributed by atoms with Gasteiger partial charge >= 0.3 is 0 Å². The molecule has 1 aromatic rings. The molecule has 1 aromatic carbocycles. The molecule has 0 N–H and O–H groups in total. The molecule has 32 heavy (non-hydrogen) atoms. The van der Waals surface area contributed by atoms with E-state index in [4.69, 9.17) is 4.74 Å². The summed E-state index contributed by atoms with van der Waals surface area (Å²) in [5.74, 6) is -0.571. The van der Waals surface area contributed by atoms with Gasteiger partial charge in [-0.25, -0.2) is 0 Å². The van der Waals surface area contributed by atoms with Gasteiger partial charge in [0.15, 0.2) is 0 Å². The lowest BCUT2D eigenvalue weighted by Crippen LogP contribution is -2.41. The minimum atomic E-state index is -1.19. The number of hydrogen-bond acceptors (Lipinski definition) is 6. The Morgan fingerprint density at radius 3 is 2.09 bits per heavy atom. The molecule has 0 aliphatic rings. The van der Waals surface area contributed by atoms with Crippen molar-refractivity contribution in [1.82, 2.24) is 0 Å². The fraction of sp³-hybridized carbons (Fsp3) is 0.708. The van der Waals surface area contributed by atoms with Crippen LogP contribution in [0, 0.1) is 20.2 Å². The molecule has 8 nitrogen and oxygen atoms in total. The van der Waals surface area contributed by atoms with Gasteiger partial charge < -0.3 is 4.74 Å². The Balaban J connectivity index is 3.10. The lowest BCUT2D eigenvalue weighted by Gasteiger charge is -2.25. The van der Waals surface area contributed by atoms with Crippen LogP contribution in [0.15, 0.2) is 24.3 Å². The Morgan fingerprint density at radius 1 is 0.938 bits per heavy atom. The van der Waals surface area contributed by atoms with Crippen LogP contribution in [0.4, 0.5) is 0 Å². The maximum Gasteiger partial charge on any atom is 0.245 e. The number of aldehydes is 1. The molecule has 1 rings (SSSR count). The number of nitro groups is 2. The lowest BCUT2D eigenvalue weighted by molar-refractivity contribution is -0.569. The molecule has 0 fully saturated rings. The summed E-state index contributed by atoms with van der Waals surface area (Å²) < 4.78 is 5.40. The fourth-order valence-electron chi connectivity index (χ4n) is 4.30. The van der Waals surface area contributed by atoms with Crippen molar-refractivity contribution >= 4 is 6.29 Å². The molecule has 8 heteroatoms. The third-order valence-electron chi connectivity index (χ3n) is 6.10. The number of rotatable bonds is 18. The van der Waals surface area contributed by atoms with Gasteiger partial charge in [-0.2, -0.15) is 0 Å². The molecule has 0 bridgehead atoms. The monoisotopic (exact) mass is 450 g/mol. The average molecular weight is 451 g/mol. The van der Waals surface area contributed by atoms with Crippen molar-refractivity contribution in [2.24, 2.45) is 0 Å². The van der Waals surface area contributed by atoms with E-state index in [0.717, 1.165) is 25.7 Å². The van der Waals surface area contributed by atoms with E-state index in [1.165, 1.54) is 19.3 Å². The van der Waals surface area contributed by atoms with E-state index in [9.17, 15) is 25.0 Å². The van der Waals surface area contributed by atoms with Crippen molar-refractivity contribution in [2.75, 3.05) is 6.61 Å². The van der Waals surface area contributed by atoms with Crippen LogP contribution >= 0.6 is 0 Å². The first-order valence-corrected chi connectivity index (χ1v) is 11.8. The SMILES string of the molecule is CCCCCCCCCC(c1ccccc1C=O)C(CC(C(C)OCC)[N+](=O)[O-])[N+](=O)[O-]. The van der Waals surface area contributed by atoms with Gasteiger partial charge in [0.25, 0.3) is 0 Å². The topological polar surface area (TPSA) is 113 Å². The lowest BCUT2D eigenvalue weighted by atomic mass is 9.81. The van der Waals surface area contributed by atoms with E-state index in [1.807, 2.05) is 0 Å². The van der Waals surface area contributed by atoms with Crippen LogP contribution in [-0.4, -0.2) is 40.9 Å². The molecule has 180 valence electrons. The quantitative estimate of drug-likeness (QED) is 0.120. The van der Waals surface area contributed by atoms with Gasteiger partial charge in [0.1, 0.15) is 12.4 Å². The zero-order valence-corrected chi connectivity index (χ0v) is 19.6. The van der Waals surface area contributed by atoms with Gasteiger partial charge in [0.2, 0.25) is 12.1 Å². The minimum Gasteiger partial charge on any atom is -0.372 e. The molecule has 0 aliphatic heterocycles. The van der Waals surface area contributed by atoms with Crippen molar-refractivity contribution in [3.8, 4) is 0 Å². The predicted molar refractivity (Wildman–Crippen MR) is 124 cm³/mol. The molecule has 0 saturated carbocycles. The van der Waals surface area contributed by atoms with E-state index < -0.39 is 34.0 Å². The zero-order valence-electron chi connectivity index (χ0n) is 19.6. The van der Waals surface area contributed by atoms with Crippen LogP contribution in [0.1, 0.15) is 100 Å². The third-order valence-corrected chi connectivity index (χ3v) is 6.10. The van der Waals surface area contributed by atoms with Crippen molar-refractivity contribution in [1.29, 1.82) is 0 Å². The predicted octanol–water partition coefficient (Wildman–Crippen LogP) is 5.83. The minimum absolute atomic E-state index is 0.241. The van der Waals surface area contributed by atoms with Crippen molar-refractivity contribution in [3.63, 3.8) is 0 Å². The molecule has 4 unspecified atom stereocenters. The summed E-state index contributed by atoms with van der Waals surface area (Å²) >= 11 is 0. The Kier molecular flexibility index (Phi) is 13.4. The summed E-state index contributed by atoms with van der Waals surface area (Å²) in [6.45, 7) is 5.78. The Hall–Kier alpha value is -2.35. The second-order valence-corrected chi connectivity index (χ2v) is 8.36. The molecule has 0 amide bonds. The number of nitrogens with zero attached hydrogens (tertiary/aromatic N) is 2. The van der Waals surface area contributed by atoms with Gasteiger partial charge in [-0.3, -0.25) is 25.0 Å². The summed E-state index contributed by atoms with van der Waals surface area (Å²) in [7, 11) is 0. The Labute approximate surface area is 191 Å². The summed E-state index contributed by atoms with van der Waals surface area (Å²) in [5, 5.41) is 23.8. The second-order valence-electron chi connectivity index (χ2n) is 8.36. The van der Waals surface area contributed by atoms with Crippen LogP contribution in [0.25, 0.3) is 0 Å². The van der Waals surface area contributed by atoms with Crippen LogP contribution in [0.5, 0.6) is 0 Å². The van der Waals surface area contributed by atoms with Crippen LogP contribution in [0.2, 0.25) is 0 Å².